The number of benzene rings is 1. The van der Waals surface area contributed by atoms with Crippen molar-refractivity contribution in [1.82, 2.24) is 15.0 Å². The van der Waals surface area contributed by atoms with Crippen molar-refractivity contribution in [2.24, 2.45) is 7.05 Å². The van der Waals surface area contributed by atoms with E-state index in [-0.39, 0.29) is 69.5 Å². The maximum Gasteiger partial charge on any atom is 1.00 e. The largest absolute Gasteiger partial charge is 1.00 e. The second-order valence-electron chi connectivity index (χ2n) is 4.15. The van der Waals surface area contributed by atoms with E-state index in [9.17, 15) is 12.9 Å². The molecule has 0 atom stereocenters. The van der Waals surface area contributed by atoms with Crippen LogP contribution < -0.4 is 66.3 Å². The van der Waals surface area contributed by atoms with Gasteiger partial charge < -0.3 is 22.4 Å². The average molecular weight is 325 g/mol. The molecule has 1 aromatic heterocycles. The summed E-state index contributed by atoms with van der Waals surface area (Å²) in [7, 11) is 2.97. The second-order valence-corrected chi connectivity index (χ2v) is 4.15. The Kier molecular flexibility index (Phi) is 6.73. The van der Waals surface area contributed by atoms with Crippen LogP contribution in [0.1, 0.15) is 5.69 Å². The molecular weight excluding hydrogens is 313 g/mol. The average Bonchev–Trinajstić information content (AvgIpc) is 2.81. The van der Waals surface area contributed by atoms with E-state index >= 15 is 0 Å². The maximum absolute atomic E-state index is 13.0. The Morgan fingerprint density at radius 1 is 1.29 bits per heavy atom. The molecule has 1 aromatic carbocycles. The number of methoxy groups -OCH3 is 1. The number of ether oxygens (including phenoxy) is 2. The molecule has 0 aliphatic carbocycles. The molecule has 2 aromatic rings. The molecule has 0 spiro atoms. The summed E-state index contributed by atoms with van der Waals surface area (Å²) in [6, 6.07) is 3.57. The van der Waals surface area contributed by atoms with Gasteiger partial charge in [-0.1, -0.05) is 10.7 Å². The van der Waals surface area contributed by atoms with Crippen molar-refractivity contribution in [3.8, 4) is 11.5 Å². The molecule has 0 saturated heterocycles. The first-order valence-corrected chi connectivity index (χ1v) is 5.76. The van der Waals surface area contributed by atoms with Crippen molar-refractivity contribution in [1.29, 1.82) is 0 Å². The van der Waals surface area contributed by atoms with Gasteiger partial charge in [0.15, 0.2) is 0 Å². The quantitative estimate of drug-likeness (QED) is 0.626. The zero-order chi connectivity index (χ0) is 14.8. The van der Waals surface area contributed by atoms with Crippen LogP contribution in [0.25, 0.3) is 0 Å². The van der Waals surface area contributed by atoms with Crippen molar-refractivity contribution < 1.29 is 73.8 Å². The van der Waals surface area contributed by atoms with Gasteiger partial charge in [0.25, 0.3) is 0 Å². The first-order valence-electron chi connectivity index (χ1n) is 5.76. The summed E-state index contributed by atoms with van der Waals surface area (Å²) in [5.41, 5.74) is -0.378. The Labute approximate surface area is 162 Å². The summed E-state index contributed by atoms with van der Waals surface area (Å²) in [6.07, 6.45) is 1.57. The van der Waals surface area contributed by atoms with Crippen LogP contribution in [0.3, 0.4) is 0 Å². The van der Waals surface area contributed by atoms with Gasteiger partial charge in [-0.15, -0.1) is 5.10 Å². The first kappa shape index (κ1) is 18.5. The number of aryl methyl sites for hydroxylation is 1. The van der Waals surface area contributed by atoms with Crippen molar-refractivity contribution in [2.45, 2.75) is 6.61 Å². The van der Waals surface area contributed by atoms with Crippen LogP contribution in [0.2, 0.25) is 0 Å². The topological polar surface area (TPSA) is 49.2 Å². The predicted molar refractivity (Wildman–Crippen MR) is 67.0 cm³/mol. The minimum atomic E-state index is -5.19. The molecule has 0 saturated carbocycles. The molecule has 0 fully saturated rings. The van der Waals surface area contributed by atoms with Gasteiger partial charge in [0.05, 0.1) is 19.1 Å². The normalized spacial score (nSPS) is 10.9. The number of nitrogens with zero attached hydrogens (tertiary/aromatic N) is 3. The summed E-state index contributed by atoms with van der Waals surface area (Å²) in [5.74, 6) is -0.116. The van der Waals surface area contributed by atoms with Gasteiger partial charge in [0, 0.05) is 7.05 Å². The van der Waals surface area contributed by atoms with Gasteiger partial charge in [0.2, 0.25) is 0 Å². The molecule has 5 nitrogen and oxygen atoms in total. The third-order valence-corrected chi connectivity index (χ3v) is 2.60. The Bertz CT molecular complexity index is 607. The zero-order valence-corrected chi connectivity index (χ0v) is 15.0. The fourth-order valence-electron chi connectivity index (χ4n) is 1.65. The fourth-order valence-corrected chi connectivity index (χ4v) is 1.65. The van der Waals surface area contributed by atoms with E-state index in [1.807, 2.05) is 0 Å². The number of hydrogen-bond acceptors (Lipinski definition) is 4. The number of halogens is 3. The summed E-state index contributed by atoms with van der Waals surface area (Å²) in [5, 5.41) is 7.42. The summed E-state index contributed by atoms with van der Waals surface area (Å²) >= 11 is 0. The fraction of sp³-hybridized carbons (Fsp3) is 0.273. The van der Waals surface area contributed by atoms with Gasteiger partial charge in [-0.25, -0.2) is 0 Å². The third kappa shape index (κ3) is 4.99. The molecule has 0 unspecified atom stereocenters. The van der Waals surface area contributed by atoms with Crippen molar-refractivity contribution in [3.05, 3.63) is 30.1 Å². The Morgan fingerprint density at radius 2 is 2.00 bits per heavy atom. The van der Waals surface area contributed by atoms with Crippen LogP contribution in [0, 0.1) is 0 Å². The molecule has 21 heavy (non-hydrogen) atoms. The van der Waals surface area contributed by atoms with Crippen LogP contribution in [0.4, 0.5) is 12.9 Å². The summed E-state index contributed by atoms with van der Waals surface area (Å²) < 4.78 is 50.4. The van der Waals surface area contributed by atoms with Gasteiger partial charge >= 0.3 is 58.4 Å². The van der Waals surface area contributed by atoms with E-state index in [1.165, 1.54) is 23.9 Å². The zero-order valence-electron chi connectivity index (χ0n) is 11.9. The molecule has 0 radical (unpaired) electrons. The van der Waals surface area contributed by atoms with Crippen molar-refractivity contribution >= 4 is 12.4 Å². The van der Waals surface area contributed by atoms with E-state index in [0.717, 1.165) is 6.07 Å². The predicted octanol–water partition coefficient (Wildman–Crippen LogP) is -1.54. The van der Waals surface area contributed by atoms with E-state index in [0.29, 0.717) is 5.69 Å². The van der Waals surface area contributed by atoms with E-state index in [4.69, 9.17) is 9.47 Å². The van der Waals surface area contributed by atoms with E-state index < -0.39 is 12.4 Å². The van der Waals surface area contributed by atoms with Crippen molar-refractivity contribution in [2.75, 3.05) is 7.11 Å². The number of hydrogen-bond donors (Lipinski definition) is 0. The van der Waals surface area contributed by atoms with Gasteiger partial charge in [-0.2, -0.15) is 0 Å². The number of aromatic nitrogens is 3. The van der Waals surface area contributed by atoms with Gasteiger partial charge in [-0.3, -0.25) is 4.68 Å². The van der Waals surface area contributed by atoms with Gasteiger partial charge in [0.1, 0.15) is 18.1 Å². The van der Waals surface area contributed by atoms with Crippen LogP contribution in [-0.4, -0.2) is 29.1 Å². The molecule has 2 rings (SSSR count). The SMILES string of the molecule is COc1ccc(OCc2cn(C)nn2)c([B-](F)(F)F)c1.[K+]. The third-order valence-electron chi connectivity index (χ3n) is 2.60. The molecule has 0 aliphatic heterocycles. The van der Waals surface area contributed by atoms with Gasteiger partial charge in [-0.05, 0) is 18.2 Å². The molecule has 0 aliphatic rings. The van der Waals surface area contributed by atoms with Crippen LogP contribution in [0.15, 0.2) is 24.4 Å². The molecular formula is C11H12BF3KN3O2. The Balaban J connectivity index is 0.00000220. The molecule has 108 valence electrons. The van der Waals surface area contributed by atoms with Crippen LogP contribution in [0.5, 0.6) is 11.5 Å². The van der Waals surface area contributed by atoms with Crippen LogP contribution in [-0.2, 0) is 13.7 Å². The molecule has 0 bridgehead atoms. The second kappa shape index (κ2) is 7.63. The molecule has 0 N–H and O–H groups in total. The van der Waals surface area contributed by atoms with Crippen molar-refractivity contribution in [3.63, 3.8) is 0 Å². The summed E-state index contributed by atoms with van der Waals surface area (Å²) in [4.78, 5) is 0. The van der Waals surface area contributed by atoms with E-state index in [1.54, 1.807) is 13.2 Å². The molecule has 0 amide bonds. The number of rotatable bonds is 5. The standard InChI is InChI=1S/C11H12BF3N3O2.K/c1-18-6-8(16-17-18)7-20-11-4-3-9(19-2)5-10(11)12(13,14)15;/h3-6H,7H2,1-2H3;/q-1;+1. The Morgan fingerprint density at radius 3 is 2.52 bits per heavy atom. The smallest absolute Gasteiger partial charge is 0.497 e. The molecule has 1 heterocycles. The minimum Gasteiger partial charge on any atom is -0.497 e. The first-order chi connectivity index (χ1) is 9.40. The maximum atomic E-state index is 13.0. The monoisotopic (exact) mass is 325 g/mol. The van der Waals surface area contributed by atoms with Crippen LogP contribution >= 0.6 is 0 Å². The Hall–Kier alpha value is -0.549. The molecule has 10 heteroatoms. The van der Waals surface area contributed by atoms with E-state index in [2.05, 4.69) is 10.3 Å². The summed E-state index contributed by atoms with van der Waals surface area (Å²) in [6.45, 7) is -5.27. The minimum absolute atomic E-state index is 0.